The van der Waals surface area contributed by atoms with Crippen molar-refractivity contribution in [1.82, 2.24) is 0 Å². The second-order valence-corrected chi connectivity index (χ2v) is 7.66. The molecule has 6 heteroatoms. The second kappa shape index (κ2) is 13.6. The van der Waals surface area contributed by atoms with E-state index in [1.807, 2.05) is 18.2 Å². The van der Waals surface area contributed by atoms with E-state index in [1.165, 1.54) is 0 Å². The summed E-state index contributed by atoms with van der Waals surface area (Å²) >= 11 is 0. The van der Waals surface area contributed by atoms with E-state index in [0.717, 1.165) is 0 Å². The molecule has 0 aliphatic rings. The zero-order valence-electron chi connectivity index (χ0n) is 17.7. The maximum Gasteiger partial charge on any atom is 0.206 e. The van der Waals surface area contributed by atoms with Crippen LogP contribution in [0.25, 0.3) is 0 Å². The van der Waals surface area contributed by atoms with E-state index in [0.29, 0.717) is 54.8 Å². The van der Waals surface area contributed by atoms with Crippen molar-refractivity contribution in [2.24, 2.45) is 17.8 Å². The van der Waals surface area contributed by atoms with Crippen LogP contribution in [0.1, 0.15) is 41.5 Å². The van der Waals surface area contributed by atoms with Crippen molar-refractivity contribution in [2.75, 3.05) is 40.2 Å². The Morgan fingerprint density at radius 3 is 1.33 bits per heavy atom. The minimum absolute atomic E-state index is 0.120. The van der Waals surface area contributed by atoms with Crippen LogP contribution in [0.3, 0.4) is 0 Å². The maximum atomic E-state index is 5.79. The highest BCUT2D eigenvalue weighted by atomic mass is 16.7. The van der Waals surface area contributed by atoms with Crippen molar-refractivity contribution in [3.8, 4) is 17.2 Å². The van der Waals surface area contributed by atoms with Gasteiger partial charge in [0.15, 0.2) is 31.9 Å². The molecular formula is C21H36O6. The van der Waals surface area contributed by atoms with Crippen LogP contribution in [0.4, 0.5) is 0 Å². The number of benzene rings is 1. The first-order valence-corrected chi connectivity index (χ1v) is 9.64. The van der Waals surface area contributed by atoms with Crippen LogP contribution in [0.15, 0.2) is 18.2 Å². The van der Waals surface area contributed by atoms with E-state index in [2.05, 4.69) is 41.5 Å². The molecule has 1 rings (SSSR count). The summed E-state index contributed by atoms with van der Waals surface area (Å²) in [6.07, 6.45) is 0. The van der Waals surface area contributed by atoms with Gasteiger partial charge in [-0.2, -0.15) is 0 Å². The summed E-state index contributed by atoms with van der Waals surface area (Å²) in [4.78, 5) is 0. The van der Waals surface area contributed by atoms with Gasteiger partial charge >= 0.3 is 0 Å². The van der Waals surface area contributed by atoms with Crippen molar-refractivity contribution in [2.45, 2.75) is 41.5 Å². The van der Waals surface area contributed by atoms with E-state index >= 15 is 0 Å². The minimum Gasteiger partial charge on any atom is -0.464 e. The molecule has 156 valence electrons. The molecule has 0 amide bonds. The summed E-state index contributed by atoms with van der Waals surface area (Å²) in [7, 11) is 0. The molecule has 0 fully saturated rings. The van der Waals surface area contributed by atoms with Crippen LogP contribution >= 0.6 is 0 Å². The standard InChI is InChI=1S/C21H36O6/c1-16(2)10-22-13-25-19-8-7-9-20(26-14-23-11-17(3)4)21(19)27-15-24-12-18(5)6/h7-9,16-18H,10-15H2,1-6H3. The molecule has 0 radical (unpaired) electrons. The number of para-hydroxylation sites is 1. The zero-order valence-corrected chi connectivity index (χ0v) is 17.7. The van der Waals surface area contributed by atoms with E-state index in [4.69, 9.17) is 28.4 Å². The predicted molar refractivity (Wildman–Crippen MR) is 105 cm³/mol. The third-order valence-electron chi connectivity index (χ3n) is 3.18. The lowest BCUT2D eigenvalue weighted by Crippen LogP contribution is -2.13. The number of ether oxygens (including phenoxy) is 6. The fourth-order valence-electron chi connectivity index (χ4n) is 2.03. The van der Waals surface area contributed by atoms with Crippen LogP contribution in [-0.4, -0.2) is 40.2 Å². The summed E-state index contributed by atoms with van der Waals surface area (Å²) in [5, 5.41) is 0. The van der Waals surface area contributed by atoms with E-state index < -0.39 is 0 Å². The number of rotatable bonds is 15. The normalized spacial score (nSPS) is 11.4. The molecule has 27 heavy (non-hydrogen) atoms. The molecule has 0 N–H and O–H groups in total. The second-order valence-electron chi connectivity index (χ2n) is 7.66. The van der Waals surface area contributed by atoms with Crippen LogP contribution in [0.2, 0.25) is 0 Å². The Hall–Kier alpha value is -1.50. The first-order valence-electron chi connectivity index (χ1n) is 9.64. The lowest BCUT2D eigenvalue weighted by Gasteiger charge is -2.18. The van der Waals surface area contributed by atoms with Crippen molar-refractivity contribution >= 4 is 0 Å². The van der Waals surface area contributed by atoms with Gasteiger partial charge in [0.2, 0.25) is 5.75 Å². The first kappa shape index (κ1) is 23.5. The molecule has 1 aromatic carbocycles. The average molecular weight is 385 g/mol. The van der Waals surface area contributed by atoms with E-state index in [-0.39, 0.29) is 20.4 Å². The Labute approximate surface area is 164 Å². The quantitative estimate of drug-likeness (QED) is 0.322. The fourth-order valence-corrected chi connectivity index (χ4v) is 2.03. The highest BCUT2D eigenvalue weighted by Gasteiger charge is 2.14. The van der Waals surface area contributed by atoms with Crippen molar-refractivity contribution < 1.29 is 28.4 Å². The minimum atomic E-state index is 0.120. The molecule has 0 saturated carbocycles. The Balaban J connectivity index is 2.68. The lowest BCUT2D eigenvalue weighted by molar-refractivity contribution is -0.0196. The Kier molecular flexibility index (Phi) is 11.9. The molecule has 0 atom stereocenters. The fraction of sp³-hybridized carbons (Fsp3) is 0.714. The number of hydrogen-bond donors (Lipinski definition) is 0. The highest BCUT2D eigenvalue weighted by molar-refractivity contribution is 5.51. The summed E-state index contributed by atoms with van der Waals surface area (Å²) in [5.74, 6) is 2.91. The third-order valence-corrected chi connectivity index (χ3v) is 3.18. The van der Waals surface area contributed by atoms with E-state index in [9.17, 15) is 0 Å². The highest BCUT2D eigenvalue weighted by Crippen LogP contribution is 2.37. The summed E-state index contributed by atoms with van der Waals surface area (Å²) in [6.45, 7) is 14.8. The molecule has 0 aliphatic heterocycles. The first-order chi connectivity index (χ1) is 12.9. The SMILES string of the molecule is CC(C)COCOc1cccc(OCOCC(C)C)c1OCOCC(C)C. The van der Waals surface area contributed by atoms with Gasteiger partial charge in [-0.05, 0) is 29.9 Å². The molecule has 6 nitrogen and oxygen atoms in total. The Bertz CT molecular complexity index is 467. The Morgan fingerprint density at radius 1 is 0.593 bits per heavy atom. The van der Waals surface area contributed by atoms with Gasteiger partial charge in [-0.15, -0.1) is 0 Å². The topological polar surface area (TPSA) is 55.4 Å². The third kappa shape index (κ3) is 11.1. The van der Waals surface area contributed by atoms with Gasteiger partial charge < -0.3 is 28.4 Å². The van der Waals surface area contributed by atoms with Gasteiger partial charge in [-0.3, -0.25) is 0 Å². The van der Waals surface area contributed by atoms with Crippen LogP contribution < -0.4 is 14.2 Å². The molecular weight excluding hydrogens is 348 g/mol. The molecule has 0 unspecified atom stereocenters. The van der Waals surface area contributed by atoms with Crippen molar-refractivity contribution in [1.29, 1.82) is 0 Å². The molecule has 1 aromatic rings. The predicted octanol–water partition coefficient (Wildman–Crippen LogP) is 4.71. The molecule has 0 bridgehead atoms. The van der Waals surface area contributed by atoms with Crippen molar-refractivity contribution in [3.05, 3.63) is 18.2 Å². The molecule has 0 heterocycles. The summed E-state index contributed by atoms with van der Waals surface area (Å²) < 4.78 is 33.8. The lowest BCUT2D eigenvalue weighted by atomic mass is 10.2. The Morgan fingerprint density at radius 2 is 0.963 bits per heavy atom. The van der Waals surface area contributed by atoms with Gasteiger partial charge in [0.25, 0.3) is 0 Å². The molecule has 0 spiro atoms. The van der Waals surface area contributed by atoms with Gasteiger partial charge in [-0.25, -0.2) is 0 Å². The van der Waals surface area contributed by atoms with Crippen LogP contribution in [0, 0.1) is 17.8 Å². The van der Waals surface area contributed by atoms with Gasteiger partial charge in [0.1, 0.15) is 0 Å². The average Bonchev–Trinajstić information content (AvgIpc) is 2.60. The van der Waals surface area contributed by atoms with Gasteiger partial charge in [0.05, 0.1) is 19.8 Å². The largest absolute Gasteiger partial charge is 0.464 e. The smallest absolute Gasteiger partial charge is 0.206 e. The van der Waals surface area contributed by atoms with Crippen LogP contribution in [-0.2, 0) is 14.2 Å². The maximum absolute atomic E-state index is 5.79. The molecule has 0 saturated heterocycles. The summed E-state index contributed by atoms with van der Waals surface area (Å²) in [5.41, 5.74) is 0. The summed E-state index contributed by atoms with van der Waals surface area (Å²) in [6, 6.07) is 5.48. The molecule has 0 aromatic heterocycles. The number of hydrogen-bond acceptors (Lipinski definition) is 6. The van der Waals surface area contributed by atoms with E-state index in [1.54, 1.807) is 0 Å². The van der Waals surface area contributed by atoms with Crippen LogP contribution in [0.5, 0.6) is 17.2 Å². The van der Waals surface area contributed by atoms with Crippen molar-refractivity contribution in [3.63, 3.8) is 0 Å². The zero-order chi connectivity index (χ0) is 20.1. The van der Waals surface area contributed by atoms with Gasteiger partial charge in [0, 0.05) is 0 Å². The monoisotopic (exact) mass is 384 g/mol. The molecule has 0 aliphatic carbocycles. The van der Waals surface area contributed by atoms with Gasteiger partial charge in [-0.1, -0.05) is 47.6 Å².